The number of aryl methyl sites for hydroxylation is 2. The molecule has 1 aromatic carbocycles. The van der Waals surface area contributed by atoms with E-state index in [1.54, 1.807) is 0 Å². The molecule has 0 saturated heterocycles. The van der Waals surface area contributed by atoms with Crippen LogP contribution < -0.4 is 0 Å². The fourth-order valence-electron chi connectivity index (χ4n) is 3.54. The Morgan fingerprint density at radius 1 is 0.864 bits per heavy atom. The molecule has 4 rings (SSSR count). The van der Waals surface area contributed by atoms with Crippen molar-refractivity contribution in [2.45, 2.75) is 38.5 Å². The Bertz CT molecular complexity index is 759. The van der Waals surface area contributed by atoms with Crippen LogP contribution in [0, 0.1) is 0 Å². The molecule has 0 bridgehead atoms. The van der Waals surface area contributed by atoms with Crippen molar-refractivity contribution >= 4 is 17.4 Å². The zero-order valence-electron chi connectivity index (χ0n) is 12.6. The Labute approximate surface area is 130 Å². The highest BCUT2D eigenvalue weighted by atomic mass is 16.1. The van der Waals surface area contributed by atoms with E-state index in [4.69, 9.17) is 4.98 Å². The van der Waals surface area contributed by atoms with Crippen LogP contribution >= 0.6 is 0 Å². The lowest BCUT2D eigenvalue weighted by molar-refractivity contribution is 0.0967. The summed E-state index contributed by atoms with van der Waals surface area (Å²) in [6.45, 7) is 0. The van der Waals surface area contributed by atoms with Gasteiger partial charge in [0, 0.05) is 6.42 Å². The fraction of sp³-hybridized carbons (Fsp3) is 0.300. The average molecular weight is 289 g/mol. The van der Waals surface area contributed by atoms with Crippen molar-refractivity contribution in [2.75, 3.05) is 0 Å². The number of allylic oxidation sites excluding steroid dienone is 1. The Hall–Kier alpha value is -2.22. The number of Topliss-reactive ketones (excluding diaryl/α,β-unsaturated/α-hetero) is 1. The summed E-state index contributed by atoms with van der Waals surface area (Å²) in [6.07, 6.45) is 8.14. The van der Waals surface area contributed by atoms with E-state index in [0.29, 0.717) is 6.42 Å². The van der Waals surface area contributed by atoms with Crippen molar-refractivity contribution in [3.8, 4) is 0 Å². The number of nitrogens with zero attached hydrogens (tertiary/aromatic N) is 1. The van der Waals surface area contributed by atoms with Crippen molar-refractivity contribution in [3.63, 3.8) is 0 Å². The number of fused-ring (bicyclic) bond motifs is 2. The summed E-state index contributed by atoms with van der Waals surface area (Å²) in [5.41, 5.74) is 6.75. The number of aromatic nitrogens is 1. The normalized spacial score (nSPS) is 18.9. The lowest BCUT2D eigenvalue weighted by Crippen LogP contribution is -2.17. The molecule has 0 spiro atoms. The van der Waals surface area contributed by atoms with Crippen LogP contribution in [-0.4, -0.2) is 10.8 Å². The molecular formula is C20H19NO. The summed E-state index contributed by atoms with van der Waals surface area (Å²) < 4.78 is 0. The summed E-state index contributed by atoms with van der Waals surface area (Å²) in [6, 6.07) is 12.6. The van der Waals surface area contributed by atoms with Crippen LogP contribution in [0.4, 0.5) is 0 Å². The summed E-state index contributed by atoms with van der Waals surface area (Å²) in [7, 11) is 0. The van der Waals surface area contributed by atoms with Gasteiger partial charge in [0.25, 0.3) is 0 Å². The molecule has 0 fully saturated rings. The van der Waals surface area contributed by atoms with E-state index in [2.05, 4.69) is 36.4 Å². The van der Waals surface area contributed by atoms with Crippen LogP contribution in [0.3, 0.4) is 0 Å². The number of pyridine rings is 1. The van der Waals surface area contributed by atoms with Gasteiger partial charge in [0.05, 0.1) is 5.69 Å². The fourth-order valence-corrected chi connectivity index (χ4v) is 3.54. The lowest BCUT2D eigenvalue weighted by Gasteiger charge is -2.22. The molecule has 110 valence electrons. The van der Waals surface area contributed by atoms with Gasteiger partial charge in [-0.15, -0.1) is 0 Å². The van der Waals surface area contributed by atoms with Crippen molar-refractivity contribution in [3.05, 3.63) is 64.5 Å². The molecule has 2 aromatic rings. The first kappa shape index (κ1) is 13.4. The predicted octanol–water partition coefficient (Wildman–Crippen LogP) is 4.48. The molecule has 0 saturated carbocycles. The molecule has 1 heterocycles. The molecule has 0 unspecified atom stereocenters. The monoisotopic (exact) mass is 289 g/mol. The molecule has 2 aliphatic carbocycles. The maximum atomic E-state index is 12.2. The third-order valence-corrected chi connectivity index (χ3v) is 4.63. The number of hydrogen-bond donors (Lipinski definition) is 0. The minimum absolute atomic E-state index is 0.216. The smallest absolute Gasteiger partial charge is 0.181 e. The van der Waals surface area contributed by atoms with Gasteiger partial charge in [-0.2, -0.15) is 0 Å². The highest BCUT2D eigenvalue weighted by Crippen LogP contribution is 2.33. The van der Waals surface area contributed by atoms with E-state index in [1.165, 1.54) is 23.1 Å². The van der Waals surface area contributed by atoms with E-state index in [0.717, 1.165) is 42.6 Å². The minimum atomic E-state index is 0.216. The third-order valence-electron chi connectivity index (χ3n) is 4.63. The van der Waals surface area contributed by atoms with Gasteiger partial charge in [0.2, 0.25) is 0 Å². The molecule has 0 aliphatic heterocycles. The van der Waals surface area contributed by atoms with Crippen LogP contribution in [0.1, 0.15) is 58.6 Å². The second-order valence-corrected chi connectivity index (χ2v) is 6.21. The zero-order chi connectivity index (χ0) is 14.9. The Morgan fingerprint density at radius 2 is 1.59 bits per heavy atom. The summed E-state index contributed by atoms with van der Waals surface area (Å²) >= 11 is 0. The first-order chi connectivity index (χ1) is 10.8. The van der Waals surface area contributed by atoms with E-state index in [-0.39, 0.29) is 5.78 Å². The zero-order valence-corrected chi connectivity index (χ0v) is 12.6. The van der Waals surface area contributed by atoms with E-state index < -0.39 is 0 Å². The molecule has 0 amide bonds. The standard InChI is InChI=1S/C20H19NO/c22-18-11-5-10-17-13-16-9-4-8-15(19(16)21-20(17)18)12-14-6-2-1-3-7-14/h1-3,6-7,12-13H,4-5,8-11H2/b15-12-. The Balaban J connectivity index is 1.82. The molecule has 22 heavy (non-hydrogen) atoms. The Kier molecular flexibility index (Phi) is 3.38. The van der Waals surface area contributed by atoms with E-state index in [9.17, 15) is 4.79 Å². The van der Waals surface area contributed by atoms with Crippen LogP contribution in [-0.2, 0) is 12.8 Å². The maximum absolute atomic E-state index is 12.2. The van der Waals surface area contributed by atoms with Gasteiger partial charge in [0.15, 0.2) is 5.78 Å². The van der Waals surface area contributed by atoms with Gasteiger partial charge in [-0.3, -0.25) is 4.79 Å². The number of carbonyl (C=O) groups is 1. The van der Waals surface area contributed by atoms with Crippen LogP contribution in [0.25, 0.3) is 11.6 Å². The summed E-state index contributed by atoms with van der Waals surface area (Å²) in [4.78, 5) is 16.9. The van der Waals surface area contributed by atoms with Gasteiger partial charge < -0.3 is 0 Å². The van der Waals surface area contributed by atoms with Crippen molar-refractivity contribution in [2.24, 2.45) is 0 Å². The van der Waals surface area contributed by atoms with Crippen LogP contribution in [0.2, 0.25) is 0 Å². The lowest BCUT2D eigenvalue weighted by atomic mass is 9.86. The topological polar surface area (TPSA) is 30.0 Å². The number of benzene rings is 1. The summed E-state index contributed by atoms with van der Waals surface area (Å²) in [5, 5.41) is 0. The molecule has 2 heteroatoms. The molecule has 1 aromatic heterocycles. The minimum Gasteiger partial charge on any atom is -0.292 e. The molecule has 0 N–H and O–H groups in total. The SMILES string of the molecule is O=C1CCCc2cc3c(nc21)/C(=C\c1ccccc1)CCC3. The average Bonchev–Trinajstić information content (AvgIpc) is 2.55. The number of ketones is 1. The highest BCUT2D eigenvalue weighted by molar-refractivity contribution is 5.97. The predicted molar refractivity (Wildman–Crippen MR) is 88.8 cm³/mol. The third kappa shape index (κ3) is 2.39. The summed E-state index contributed by atoms with van der Waals surface area (Å²) in [5.74, 6) is 0.216. The van der Waals surface area contributed by atoms with Crippen molar-refractivity contribution < 1.29 is 4.79 Å². The first-order valence-electron chi connectivity index (χ1n) is 8.13. The van der Waals surface area contributed by atoms with E-state index >= 15 is 0 Å². The maximum Gasteiger partial charge on any atom is 0.181 e. The second kappa shape index (κ2) is 5.53. The molecule has 2 nitrogen and oxygen atoms in total. The van der Waals surface area contributed by atoms with Crippen molar-refractivity contribution in [1.29, 1.82) is 0 Å². The van der Waals surface area contributed by atoms with Crippen LogP contribution in [0.5, 0.6) is 0 Å². The van der Waals surface area contributed by atoms with Crippen molar-refractivity contribution in [1.82, 2.24) is 4.98 Å². The van der Waals surface area contributed by atoms with Gasteiger partial charge in [-0.05, 0) is 60.4 Å². The second-order valence-electron chi connectivity index (χ2n) is 6.21. The van der Waals surface area contributed by atoms with Gasteiger partial charge in [0.1, 0.15) is 5.69 Å². The largest absolute Gasteiger partial charge is 0.292 e. The number of carbonyl (C=O) groups excluding carboxylic acids is 1. The molecule has 0 radical (unpaired) electrons. The van der Waals surface area contributed by atoms with Gasteiger partial charge in [-0.1, -0.05) is 36.4 Å². The number of rotatable bonds is 1. The van der Waals surface area contributed by atoms with E-state index in [1.807, 2.05) is 6.07 Å². The molecular weight excluding hydrogens is 270 g/mol. The molecule has 2 aliphatic rings. The Morgan fingerprint density at radius 3 is 2.41 bits per heavy atom. The quantitative estimate of drug-likeness (QED) is 0.775. The highest BCUT2D eigenvalue weighted by Gasteiger charge is 2.24. The van der Waals surface area contributed by atoms with Gasteiger partial charge >= 0.3 is 0 Å². The van der Waals surface area contributed by atoms with Crippen LogP contribution in [0.15, 0.2) is 36.4 Å². The first-order valence-corrected chi connectivity index (χ1v) is 8.13. The number of hydrogen-bond acceptors (Lipinski definition) is 2. The molecule has 0 atom stereocenters. The van der Waals surface area contributed by atoms with Gasteiger partial charge in [-0.25, -0.2) is 4.98 Å².